The van der Waals surface area contributed by atoms with Gasteiger partial charge in [0.15, 0.2) is 0 Å². The van der Waals surface area contributed by atoms with Gasteiger partial charge < -0.3 is 10.1 Å². The molecule has 3 nitrogen and oxygen atoms in total. The Bertz CT molecular complexity index is 640. The standard InChI is InChI=1S/C15H12FNO2/c16-13-4-2-1-3-12(13)15(18)17-11-5-6-14-10(9-11)7-8-19-14/h1-6,9H,7-8H2,(H,17,18). The molecule has 0 radical (unpaired) electrons. The zero-order valence-corrected chi connectivity index (χ0v) is 10.2. The van der Waals surface area contributed by atoms with E-state index >= 15 is 0 Å². The van der Waals surface area contributed by atoms with Gasteiger partial charge in [-0.15, -0.1) is 0 Å². The minimum absolute atomic E-state index is 0.0410. The molecular weight excluding hydrogens is 245 g/mol. The molecule has 1 aliphatic rings. The first-order valence-corrected chi connectivity index (χ1v) is 6.05. The summed E-state index contributed by atoms with van der Waals surface area (Å²) in [5.41, 5.74) is 1.75. The molecule has 0 fully saturated rings. The molecule has 0 saturated carbocycles. The van der Waals surface area contributed by atoms with Crippen molar-refractivity contribution in [2.45, 2.75) is 6.42 Å². The lowest BCUT2D eigenvalue weighted by molar-refractivity contribution is 0.102. The number of hydrogen-bond donors (Lipinski definition) is 1. The van der Waals surface area contributed by atoms with E-state index in [4.69, 9.17) is 4.74 Å². The van der Waals surface area contributed by atoms with E-state index < -0.39 is 11.7 Å². The molecule has 96 valence electrons. The molecule has 1 aliphatic heterocycles. The SMILES string of the molecule is O=C(Nc1ccc2c(c1)CCO2)c1ccccc1F. The van der Waals surface area contributed by atoms with Crippen LogP contribution in [0.1, 0.15) is 15.9 Å². The van der Waals surface area contributed by atoms with E-state index in [0.717, 1.165) is 17.7 Å². The predicted molar refractivity (Wildman–Crippen MR) is 70.0 cm³/mol. The number of rotatable bonds is 2. The van der Waals surface area contributed by atoms with Crippen molar-refractivity contribution in [1.29, 1.82) is 0 Å². The third-order valence-electron chi connectivity index (χ3n) is 3.07. The smallest absolute Gasteiger partial charge is 0.258 e. The Morgan fingerprint density at radius 1 is 1.21 bits per heavy atom. The minimum atomic E-state index is -0.524. The Balaban J connectivity index is 1.82. The Kier molecular flexibility index (Phi) is 2.91. The fourth-order valence-corrected chi connectivity index (χ4v) is 2.11. The first-order valence-electron chi connectivity index (χ1n) is 6.05. The van der Waals surface area contributed by atoms with Gasteiger partial charge in [0.2, 0.25) is 0 Å². The summed E-state index contributed by atoms with van der Waals surface area (Å²) >= 11 is 0. The molecule has 0 spiro atoms. The van der Waals surface area contributed by atoms with Gasteiger partial charge >= 0.3 is 0 Å². The van der Waals surface area contributed by atoms with Gasteiger partial charge in [-0.25, -0.2) is 4.39 Å². The highest BCUT2D eigenvalue weighted by Gasteiger charge is 2.14. The number of anilines is 1. The number of ether oxygens (including phenoxy) is 1. The molecule has 2 aromatic carbocycles. The van der Waals surface area contributed by atoms with Crippen LogP contribution in [0.25, 0.3) is 0 Å². The number of halogens is 1. The molecule has 3 rings (SSSR count). The van der Waals surface area contributed by atoms with Crippen LogP contribution in [0.4, 0.5) is 10.1 Å². The van der Waals surface area contributed by atoms with Gasteiger partial charge in [-0.2, -0.15) is 0 Å². The molecule has 1 amide bonds. The Hall–Kier alpha value is -2.36. The average Bonchev–Trinajstić information content (AvgIpc) is 2.86. The molecule has 2 aromatic rings. The highest BCUT2D eigenvalue weighted by Crippen LogP contribution is 2.28. The summed E-state index contributed by atoms with van der Waals surface area (Å²) in [6.07, 6.45) is 0.832. The number of fused-ring (bicyclic) bond motifs is 1. The van der Waals surface area contributed by atoms with Crippen molar-refractivity contribution in [3.63, 3.8) is 0 Å². The fraction of sp³-hybridized carbons (Fsp3) is 0.133. The van der Waals surface area contributed by atoms with Crippen molar-refractivity contribution in [3.8, 4) is 5.75 Å². The van der Waals surface area contributed by atoms with E-state index in [1.807, 2.05) is 12.1 Å². The number of carbonyl (C=O) groups excluding carboxylic acids is 1. The van der Waals surface area contributed by atoms with Gasteiger partial charge in [0.05, 0.1) is 12.2 Å². The number of nitrogens with one attached hydrogen (secondary N) is 1. The lowest BCUT2D eigenvalue weighted by atomic mass is 10.1. The molecule has 0 aromatic heterocycles. The third kappa shape index (κ3) is 2.29. The molecular formula is C15H12FNO2. The van der Waals surface area contributed by atoms with Crippen molar-refractivity contribution < 1.29 is 13.9 Å². The van der Waals surface area contributed by atoms with E-state index in [1.54, 1.807) is 18.2 Å². The molecule has 0 aliphatic carbocycles. The topological polar surface area (TPSA) is 38.3 Å². The van der Waals surface area contributed by atoms with Gasteiger partial charge in [-0.05, 0) is 35.9 Å². The number of hydrogen-bond acceptors (Lipinski definition) is 2. The highest BCUT2D eigenvalue weighted by molar-refractivity contribution is 6.04. The maximum Gasteiger partial charge on any atom is 0.258 e. The Labute approximate surface area is 110 Å². The van der Waals surface area contributed by atoms with Crippen LogP contribution < -0.4 is 10.1 Å². The summed E-state index contributed by atoms with van der Waals surface area (Å²) < 4.78 is 18.9. The van der Waals surface area contributed by atoms with Crippen molar-refractivity contribution >= 4 is 11.6 Å². The van der Waals surface area contributed by atoms with Crippen LogP contribution in [0, 0.1) is 5.82 Å². The number of amides is 1. The minimum Gasteiger partial charge on any atom is -0.493 e. The van der Waals surface area contributed by atoms with Crippen LogP contribution in [0.2, 0.25) is 0 Å². The Morgan fingerprint density at radius 3 is 2.89 bits per heavy atom. The normalized spacial score (nSPS) is 12.7. The summed E-state index contributed by atoms with van der Waals surface area (Å²) in [5, 5.41) is 2.69. The lowest BCUT2D eigenvalue weighted by Crippen LogP contribution is -2.13. The van der Waals surface area contributed by atoms with Crippen LogP contribution >= 0.6 is 0 Å². The Morgan fingerprint density at radius 2 is 2.05 bits per heavy atom. The summed E-state index contributed by atoms with van der Waals surface area (Å²) in [6, 6.07) is 11.4. The van der Waals surface area contributed by atoms with Crippen molar-refractivity contribution in [3.05, 3.63) is 59.4 Å². The van der Waals surface area contributed by atoms with Gasteiger partial charge in [-0.1, -0.05) is 12.1 Å². The monoisotopic (exact) mass is 257 g/mol. The average molecular weight is 257 g/mol. The van der Waals surface area contributed by atoms with Crippen molar-refractivity contribution in [2.24, 2.45) is 0 Å². The maximum absolute atomic E-state index is 13.5. The zero-order chi connectivity index (χ0) is 13.2. The molecule has 0 unspecified atom stereocenters. The molecule has 1 heterocycles. The van der Waals surface area contributed by atoms with E-state index in [1.165, 1.54) is 12.1 Å². The van der Waals surface area contributed by atoms with E-state index in [0.29, 0.717) is 12.3 Å². The molecule has 4 heteroatoms. The second-order valence-electron chi connectivity index (χ2n) is 4.35. The van der Waals surface area contributed by atoms with Crippen molar-refractivity contribution in [2.75, 3.05) is 11.9 Å². The highest BCUT2D eigenvalue weighted by atomic mass is 19.1. The third-order valence-corrected chi connectivity index (χ3v) is 3.07. The van der Waals surface area contributed by atoms with E-state index in [2.05, 4.69) is 5.32 Å². The summed E-state index contributed by atoms with van der Waals surface area (Å²) in [4.78, 5) is 12.0. The van der Waals surface area contributed by atoms with Crippen molar-refractivity contribution in [1.82, 2.24) is 0 Å². The second-order valence-corrected chi connectivity index (χ2v) is 4.35. The number of benzene rings is 2. The summed E-state index contributed by atoms with van der Waals surface area (Å²) in [7, 11) is 0. The molecule has 0 saturated heterocycles. The fourth-order valence-electron chi connectivity index (χ4n) is 2.11. The van der Waals surface area contributed by atoms with Gasteiger partial charge in [0, 0.05) is 12.1 Å². The summed E-state index contributed by atoms with van der Waals surface area (Å²) in [6.45, 7) is 0.667. The lowest BCUT2D eigenvalue weighted by Gasteiger charge is -2.07. The van der Waals surface area contributed by atoms with Crippen LogP contribution in [-0.4, -0.2) is 12.5 Å². The maximum atomic E-state index is 13.5. The van der Waals surface area contributed by atoms with Crippen LogP contribution in [0.5, 0.6) is 5.75 Å². The van der Waals surface area contributed by atoms with Gasteiger partial charge in [-0.3, -0.25) is 4.79 Å². The quantitative estimate of drug-likeness (QED) is 0.898. The summed E-state index contributed by atoms with van der Waals surface area (Å²) in [5.74, 6) is -0.120. The largest absolute Gasteiger partial charge is 0.493 e. The second kappa shape index (κ2) is 4.72. The van der Waals surface area contributed by atoms with Crippen LogP contribution in [0.3, 0.4) is 0 Å². The van der Waals surface area contributed by atoms with Crippen LogP contribution in [-0.2, 0) is 6.42 Å². The number of carbonyl (C=O) groups is 1. The van der Waals surface area contributed by atoms with Crippen LogP contribution in [0.15, 0.2) is 42.5 Å². The first kappa shape index (κ1) is 11.7. The molecule has 0 atom stereocenters. The molecule has 19 heavy (non-hydrogen) atoms. The van der Waals surface area contributed by atoms with E-state index in [-0.39, 0.29) is 5.56 Å². The predicted octanol–water partition coefficient (Wildman–Crippen LogP) is 3.01. The molecule has 1 N–H and O–H groups in total. The molecule has 0 bridgehead atoms. The zero-order valence-electron chi connectivity index (χ0n) is 10.2. The first-order chi connectivity index (χ1) is 9.24. The van der Waals surface area contributed by atoms with E-state index in [9.17, 15) is 9.18 Å². The van der Waals surface area contributed by atoms with Gasteiger partial charge in [0.25, 0.3) is 5.91 Å². The van der Waals surface area contributed by atoms with Gasteiger partial charge in [0.1, 0.15) is 11.6 Å².